The lowest BCUT2D eigenvalue weighted by Gasteiger charge is -2.12. The summed E-state index contributed by atoms with van der Waals surface area (Å²) in [5, 5.41) is 1.09. The number of aryl methyl sites for hydroxylation is 1. The summed E-state index contributed by atoms with van der Waals surface area (Å²) in [4.78, 5) is 9.60. The van der Waals surface area contributed by atoms with Crippen molar-refractivity contribution < 1.29 is 0 Å². The van der Waals surface area contributed by atoms with Gasteiger partial charge >= 0.3 is 0 Å². The fraction of sp³-hybridized carbons (Fsp3) is 0.273. The van der Waals surface area contributed by atoms with E-state index in [1.807, 2.05) is 18.2 Å². The van der Waals surface area contributed by atoms with E-state index in [0.717, 1.165) is 59.1 Å². The Kier molecular flexibility index (Phi) is 5.23. The number of rotatable bonds is 7. The first-order chi connectivity index (χ1) is 13.7. The number of hydrazine groups is 1. The average Bonchev–Trinajstić information content (AvgIpc) is 3.10. The van der Waals surface area contributed by atoms with Crippen LogP contribution in [0.1, 0.15) is 36.7 Å². The fourth-order valence-corrected chi connectivity index (χ4v) is 3.64. The molecule has 0 saturated heterocycles. The van der Waals surface area contributed by atoms with Gasteiger partial charge in [-0.05, 0) is 23.6 Å². The summed E-state index contributed by atoms with van der Waals surface area (Å²) in [6.45, 7) is 3.50. The van der Waals surface area contributed by atoms with Crippen LogP contribution in [0.15, 0.2) is 48.5 Å². The van der Waals surface area contributed by atoms with Crippen molar-refractivity contribution in [2.75, 3.05) is 5.43 Å². The number of pyridine rings is 1. The van der Waals surface area contributed by atoms with Crippen LogP contribution >= 0.6 is 0 Å². The minimum Gasteiger partial charge on any atom is -0.326 e. The maximum absolute atomic E-state index is 5.78. The van der Waals surface area contributed by atoms with Crippen LogP contribution in [0.2, 0.25) is 0 Å². The Balaban J connectivity index is 1.93. The fourth-order valence-electron chi connectivity index (χ4n) is 3.64. The van der Waals surface area contributed by atoms with Gasteiger partial charge in [-0.3, -0.25) is 0 Å². The summed E-state index contributed by atoms with van der Waals surface area (Å²) < 4.78 is 2.31. The molecule has 6 heteroatoms. The Hall–Kier alpha value is -2.96. The standard InChI is InChI=1S/C22H26N6/c1-2-3-8-19-26-20-21(17-6-4-5-7-18(17)25-22(20)27-24)28(19)14-16-11-9-15(13-23)10-12-16/h4-7,9-12H,2-3,8,13-14,23-24H2,1H3,(H,25,27). The van der Waals surface area contributed by atoms with Crippen LogP contribution in [0.5, 0.6) is 0 Å². The summed E-state index contributed by atoms with van der Waals surface area (Å²) in [6, 6.07) is 16.6. The predicted octanol–water partition coefficient (Wildman–Crippen LogP) is 3.72. The van der Waals surface area contributed by atoms with Crippen molar-refractivity contribution in [3.8, 4) is 0 Å². The highest BCUT2D eigenvalue weighted by atomic mass is 15.3. The molecule has 0 atom stereocenters. The number of nitrogens with two attached hydrogens (primary N) is 2. The van der Waals surface area contributed by atoms with Crippen molar-refractivity contribution in [3.05, 3.63) is 65.5 Å². The molecule has 0 fully saturated rings. The maximum atomic E-state index is 5.78. The number of unbranched alkanes of at least 4 members (excludes halogenated alkanes) is 1. The number of hydrogen-bond acceptors (Lipinski definition) is 5. The average molecular weight is 374 g/mol. The molecule has 4 aromatic rings. The van der Waals surface area contributed by atoms with Gasteiger partial charge in [-0.1, -0.05) is 55.8 Å². The zero-order chi connectivity index (χ0) is 19.5. The highest BCUT2D eigenvalue weighted by Gasteiger charge is 2.18. The maximum Gasteiger partial charge on any atom is 0.168 e. The number of imidazole rings is 1. The molecule has 144 valence electrons. The smallest absolute Gasteiger partial charge is 0.168 e. The van der Waals surface area contributed by atoms with E-state index in [2.05, 4.69) is 52.2 Å². The molecule has 0 aliphatic carbocycles. The first-order valence-corrected chi connectivity index (χ1v) is 9.77. The van der Waals surface area contributed by atoms with E-state index in [-0.39, 0.29) is 0 Å². The number of aromatic nitrogens is 3. The largest absolute Gasteiger partial charge is 0.326 e. The van der Waals surface area contributed by atoms with E-state index in [1.165, 1.54) is 5.56 Å². The third-order valence-electron chi connectivity index (χ3n) is 5.15. The van der Waals surface area contributed by atoms with E-state index in [9.17, 15) is 0 Å². The van der Waals surface area contributed by atoms with Crippen LogP contribution in [-0.2, 0) is 19.5 Å². The Morgan fingerprint density at radius 3 is 2.46 bits per heavy atom. The second-order valence-corrected chi connectivity index (χ2v) is 7.06. The van der Waals surface area contributed by atoms with Crippen molar-refractivity contribution in [2.24, 2.45) is 11.6 Å². The van der Waals surface area contributed by atoms with Crippen molar-refractivity contribution in [2.45, 2.75) is 39.3 Å². The molecule has 0 amide bonds. The van der Waals surface area contributed by atoms with E-state index in [1.54, 1.807) is 0 Å². The molecule has 6 nitrogen and oxygen atoms in total. The van der Waals surface area contributed by atoms with Crippen molar-refractivity contribution in [1.82, 2.24) is 14.5 Å². The number of nitrogens with zero attached hydrogens (tertiary/aromatic N) is 3. The van der Waals surface area contributed by atoms with E-state index in [0.29, 0.717) is 12.4 Å². The number of anilines is 1. The summed E-state index contributed by atoms with van der Waals surface area (Å²) in [5.41, 5.74) is 13.6. The molecule has 28 heavy (non-hydrogen) atoms. The van der Waals surface area contributed by atoms with Gasteiger partial charge in [0, 0.05) is 24.9 Å². The van der Waals surface area contributed by atoms with Gasteiger partial charge in [-0.2, -0.15) is 0 Å². The Labute approximate surface area is 164 Å². The Bertz CT molecular complexity index is 1100. The van der Waals surface area contributed by atoms with E-state index in [4.69, 9.17) is 16.6 Å². The number of hydrogen-bond donors (Lipinski definition) is 3. The third-order valence-corrected chi connectivity index (χ3v) is 5.15. The number of nitrogens with one attached hydrogen (secondary N) is 1. The third kappa shape index (κ3) is 3.32. The molecule has 5 N–H and O–H groups in total. The second kappa shape index (κ2) is 7.96. The summed E-state index contributed by atoms with van der Waals surface area (Å²) in [7, 11) is 0. The van der Waals surface area contributed by atoms with Gasteiger partial charge in [-0.15, -0.1) is 0 Å². The van der Waals surface area contributed by atoms with Gasteiger partial charge in [-0.25, -0.2) is 15.8 Å². The Morgan fingerprint density at radius 2 is 1.75 bits per heavy atom. The number of fused-ring (bicyclic) bond motifs is 3. The lowest BCUT2D eigenvalue weighted by atomic mass is 10.1. The molecule has 2 aromatic carbocycles. The van der Waals surface area contributed by atoms with E-state index < -0.39 is 0 Å². The molecule has 2 aromatic heterocycles. The minimum absolute atomic E-state index is 0.553. The number of nitrogen functional groups attached to an aromatic ring is 1. The normalized spacial score (nSPS) is 11.4. The molecule has 0 saturated carbocycles. The van der Waals surface area contributed by atoms with Crippen molar-refractivity contribution in [1.29, 1.82) is 0 Å². The molecular formula is C22H26N6. The van der Waals surface area contributed by atoms with Crippen LogP contribution in [0.3, 0.4) is 0 Å². The number of benzene rings is 2. The molecule has 2 heterocycles. The molecular weight excluding hydrogens is 348 g/mol. The topological polar surface area (TPSA) is 94.8 Å². The summed E-state index contributed by atoms with van der Waals surface area (Å²) in [5.74, 6) is 7.46. The number of para-hydroxylation sites is 1. The first-order valence-electron chi connectivity index (χ1n) is 9.77. The highest BCUT2D eigenvalue weighted by molar-refractivity contribution is 6.07. The van der Waals surface area contributed by atoms with Gasteiger partial charge in [0.2, 0.25) is 0 Å². The first kappa shape index (κ1) is 18.4. The molecule has 0 bridgehead atoms. The van der Waals surface area contributed by atoms with Crippen LogP contribution in [-0.4, -0.2) is 14.5 Å². The molecule has 0 aliphatic rings. The van der Waals surface area contributed by atoms with Crippen LogP contribution < -0.4 is 17.0 Å². The monoisotopic (exact) mass is 374 g/mol. The van der Waals surface area contributed by atoms with Gasteiger partial charge in [0.15, 0.2) is 5.82 Å². The molecule has 4 rings (SSSR count). The zero-order valence-corrected chi connectivity index (χ0v) is 16.2. The van der Waals surface area contributed by atoms with Gasteiger partial charge < -0.3 is 15.7 Å². The second-order valence-electron chi connectivity index (χ2n) is 7.06. The van der Waals surface area contributed by atoms with Crippen molar-refractivity contribution >= 4 is 27.8 Å². The molecule has 0 spiro atoms. The lowest BCUT2D eigenvalue weighted by Crippen LogP contribution is -2.09. The van der Waals surface area contributed by atoms with Crippen molar-refractivity contribution in [3.63, 3.8) is 0 Å². The molecule has 0 aliphatic heterocycles. The zero-order valence-electron chi connectivity index (χ0n) is 16.2. The minimum atomic E-state index is 0.553. The van der Waals surface area contributed by atoms with Crippen LogP contribution in [0.25, 0.3) is 21.9 Å². The highest BCUT2D eigenvalue weighted by Crippen LogP contribution is 2.31. The van der Waals surface area contributed by atoms with Gasteiger partial charge in [0.1, 0.15) is 11.3 Å². The predicted molar refractivity (Wildman–Crippen MR) is 115 cm³/mol. The lowest BCUT2D eigenvalue weighted by molar-refractivity contribution is 0.690. The SMILES string of the molecule is CCCCc1nc2c(NN)nc3ccccc3c2n1Cc1ccc(CN)cc1. The summed E-state index contributed by atoms with van der Waals surface area (Å²) >= 11 is 0. The molecule has 0 radical (unpaired) electrons. The van der Waals surface area contributed by atoms with Crippen LogP contribution in [0.4, 0.5) is 5.82 Å². The van der Waals surface area contributed by atoms with Gasteiger partial charge in [0.25, 0.3) is 0 Å². The summed E-state index contributed by atoms with van der Waals surface area (Å²) in [6.07, 6.45) is 3.13. The van der Waals surface area contributed by atoms with Crippen LogP contribution in [0, 0.1) is 0 Å². The molecule has 0 unspecified atom stereocenters. The Morgan fingerprint density at radius 1 is 1.00 bits per heavy atom. The quantitative estimate of drug-likeness (QED) is 0.338. The van der Waals surface area contributed by atoms with E-state index >= 15 is 0 Å². The van der Waals surface area contributed by atoms with Gasteiger partial charge in [0.05, 0.1) is 11.0 Å².